The first-order valence-corrected chi connectivity index (χ1v) is 7.64. The van der Waals surface area contributed by atoms with Crippen molar-refractivity contribution in [3.05, 3.63) is 83.7 Å². The third-order valence-electron chi connectivity index (χ3n) is 3.43. The average Bonchev–Trinajstić information content (AvgIpc) is 2.61. The molecule has 0 atom stereocenters. The first kappa shape index (κ1) is 18.8. The van der Waals surface area contributed by atoms with Gasteiger partial charge in [-0.05, 0) is 48.0 Å². The number of amides is 1. The minimum Gasteiger partial charge on any atom is -0.478 e. The third kappa shape index (κ3) is 5.52. The molecule has 0 unspecified atom stereocenters. The minimum atomic E-state index is -1.23. The quantitative estimate of drug-likeness (QED) is 0.587. The molecule has 0 aliphatic rings. The molecule has 2 aromatic rings. The topological polar surface area (TPSA) is 83.5 Å². The molecule has 0 bridgehead atoms. The maximum Gasteiger partial charge on any atom is 0.331 e. The van der Waals surface area contributed by atoms with E-state index in [1.54, 1.807) is 42.5 Å². The van der Waals surface area contributed by atoms with Crippen LogP contribution in [0.3, 0.4) is 0 Å². The lowest BCUT2D eigenvalue weighted by Gasteiger charge is -2.05. The first-order valence-electron chi connectivity index (χ1n) is 7.64. The second-order valence-corrected chi connectivity index (χ2v) is 5.46. The van der Waals surface area contributed by atoms with E-state index in [1.807, 2.05) is 0 Å². The number of allylic oxidation sites excluding steroid dienone is 1. The number of anilines is 1. The minimum absolute atomic E-state index is 0.208. The molecule has 0 aliphatic heterocycles. The fraction of sp³-hybridized carbons (Fsp3) is 0.0500. The van der Waals surface area contributed by atoms with Crippen LogP contribution < -0.4 is 5.32 Å². The van der Waals surface area contributed by atoms with Gasteiger partial charge in [-0.25, -0.2) is 9.18 Å². The van der Waals surface area contributed by atoms with Crippen LogP contribution in [-0.2, 0) is 9.59 Å². The number of nitrogens with one attached hydrogen (secondary N) is 1. The molecule has 0 heterocycles. The predicted molar refractivity (Wildman–Crippen MR) is 96.2 cm³/mol. The fourth-order valence-corrected chi connectivity index (χ4v) is 2.03. The predicted octanol–water partition coefficient (Wildman–Crippen LogP) is 3.69. The third-order valence-corrected chi connectivity index (χ3v) is 3.43. The summed E-state index contributed by atoms with van der Waals surface area (Å²) in [5.41, 5.74) is 1.34. The molecule has 2 rings (SSSR count). The van der Waals surface area contributed by atoms with Gasteiger partial charge in [-0.1, -0.05) is 24.8 Å². The molecule has 2 N–H and O–H groups in total. The first-order chi connectivity index (χ1) is 12.3. The Balaban J connectivity index is 1.96. The summed E-state index contributed by atoms with van der Waals surface area (Å²) in [6.07, 6.45) is 2.63. The molecule has 132 valence electrons. The van der Waals surface area contributed by atoms with Gasteiger partial charge in [-0.15, -0.1) is 0 Å². The standard InChI is InChI=1S/C20H16FNO4/c1-13(20(25)26)12-19(24)22-17-9-5-15(6-10-17)18(23)11-4-14-2-7-16(21)8-3-14/h2-11H,1,12H2,(H,22,24)(H,25,26). The Morgan fingerprint density at radius 3 is 2.23 bits per heavy atom. The van der Waals surface area contributed by atoms with Crippen LogP contribution in [0.5, 0.6) is 0 Å². The molecule has 2 aromatic carbocycles. The van der Waals surface area contributed by atoms with Crippen LogP contribution in [0.25, 0.3) is 6.08 Å². The Morgan fingerprint density at radius 2 is 1.65 bits per heavy atom. The fourth-order valence-electron chi connectivity index (χ4n) is 2.03. The van der Waals surface area contributed by atoms with Crippen molar-refractivity contribution < 1.29 is 23.9 Å². The van der Waals surface area contributed by atoms with Crippen molar-refractivity contribution in [1.29, 1.82) is 0 Å². The molecule has 6 heteroatoms. The summed E-state index contributed by atoms with van der Waals surface area (Å²) in [7, 11) is 0. The van der Waals surface area contributed by atoms with Crippen LogP contribution in [0.15, 0.2) is 66.8 Å². The van der Waals surface area contributed by atoms with Gasteiger partial charge < -0.3 is 10.4 Å². The van der Waals surface area contributed by atoms with Gasteiger partial charge in [0, 0.05) is 16.8 Å². The molecule has 0 saturated heterocycles. The van der Waals surface area contributed by atoms with Gasteiger partial charge in [-0.3, -0.25) is 9.59 Å². The zero-order chi connectivity index (χ0) is 19.1. The molecular formula is C20H16FNO4. The van der Waals surface area contributed by atoms with Crippen LogP contribution in [0.2, 0.25) is 0 Å². The van der Waals surface area contributed by atoms with E-state index in [2.05, 4.69) is 11.9 Å². The smallest absolute Gasteiger partial charge is 0.331 e. The number of rotatable bonds is 7. The SMILES string of the molecule is C=C(CC(=O)Nc1ccc(C(=O)C=Cc2ccc(F)cc2)cc1)C(=O)O. The molecule has 0 radical (unpaired) electrons. The lowest BCUT2D eigenvalue weighted by atomic mass is 10.1. The normalized spacial score (nSPS) is 10.5. The van der Waals surface area contributed by atoms with Crippen LogP contribution in [-0.4, -0.2) is 22.8 Å². The molecule has 0 spiro atoms. The number of ketones is 1. The highest BCUT2D eigenvalue weighted by molar-refractivity contribution is 6.07. The summed E-state index contributed by atoms with van der Waals surface area (Å²) in [5, 5.41) is 11.2. The van der Waals surface area contributed by atoms with Crippen molar-refractivity contribution in [3.8, 4) is 0 Å². The van der Waals surface area contributed by atoms with Gasteiger partial charge in [0.25, 0.3) is 0 Å². The molecule has 0 fully saturated rings. The van der Waals surface area contributed by atoms with E-state index in [1.165, 1.54) is 18.2 Å². The molecule has 0 saturated carbocycles. The summed E-state index contributed by atoms with van der Waals surface area (Å²) in [5.74, 6) is -2.33. The van der Waals surface area contributed by atoms with Crippen LogP contribution >= 0.6 is 0 Å². The Hall–Kier alpha value is -3.54. The monoisotopic (exact) mass is 353 g/mol. The van der Waals surface area contributed by atoms with E-state index in [0.717, 1.165) is 0 Å². The van der Waals surface area contributed by atoms with Crippen LogP contribution in [0.1, 0.15) is 22.3 Å². The molecule has 5 nitrogen and oxygen atoms in total. The largest absolute Gasteiger partial charge is 0.478 e. The molecule has 0 aliphatic carbocycles. The van der Waals surface area contributed by atoms with E-state index in [0.29, 0.717) is 16.8 Å². The summed E-state index contributed by atoms with van der Waals surface area (Å²) in [4.78, 5) is 34.4. The van der Waals surface area contributed by atoms with Crippen molar-refractivity contribution in [1.82, 2.24) is 0 Å². The maximum absolute atomic E-state index is 12.8. The second-order valence-electron chi connectivity index (χ2n) is 5.46. The number of hydrogen-bond acceptors (Lipinski definition) is 3. The summed E-state index contributed by atoms with van der Waals surface area (Å²) in [6, 6.07) is 11.9. The van der Waals surface area contributed by atoms with Gasteiger partial charge in [0.2, 0.25) is 5.91 Å². The number of hydrogen-bond donors (Lipinski definition) is 2. The highest BCUT2D eigenvalue weighted by atomic mass is 19.1. The maximum atomic E-state index is 12.8. The van der Waals surface area contributed by atoms with Crippen LogP contribution in [0, 0.1) is 5.82 Å². The van der Waals surface area contributed by atoms with Crippen molar-refractivity contribution in [2.75, 3.05) is 5.32 Å². The highest BCUT2D eigenvalue weighted by Crippen LogP contribution is 2.13. The number of carboxylic acids is 1. The summed E-state index contributed by atoms with van der Waals surface area (Å²) in [6.45, 7) is 3.29. The lowest BCUT2D eigenvalue weighted by molar-refractivity contribution is -0.133. The Morgan fingerprint density at radius 1 is 1.04 bits per heavy atom. The van der Waals surface area contributed by atoms with Gasteiger partial charge in [0.15, 0.2) is 5.78 Å². The van der Waals surface area contributed by atoms with E-state index in [-0.39, 0.29) is 23.6 Å². The second kappa shape index (κ2) is 8.53. The van der Waals surface area contributed by atoms with Crippen molar-refractivity contribution in [2.24, 2.45) is 0 Å². The van der Waals surface area contributed by atoms with Gasteiger partial charge in [0.05, 0.1) is 6.42 Å². The summed E-state index contributed by atoms with van der Waals surface area (Å²) < 4.78 is 12.8. The molecule has 0 aromatic heterocycles. The van der Waals surface area contributed by atoms with E-state index < -0.39 is 11.9 Å². The zero-order valence-electron chi connectivity index (χ0n) is 13.7. The number of benzene rings is 2. The van der Waals surface area contributed by atoms with Crippen molar-refractivity contribution >= 4 is 29.4 Å². The Bertz CT molecular complexity index is 868. The van der Waals surface area contributed by atoms with E-state index in [4.69, 9.17) is 5.11 Å². The van der Waals surface area contributed by atoms with Gasteiger partial charge in [0.1, 0.15) is 5.82 Å². The van der Waals surface area contributed by atoms with Gasteiger partial charge >= 0.3 is 5.97 Å². The zero-order valence-corrected chi connectivity index (χ0v) is 13.7. The number of carboxylic acid groups (broad SMARTS) is 1. The average molecular weight is 353 g/mol. The Kier molecular flexibility index (Phi) is 6.16. The van der Waals surface area contributed by atoms with E-state index >= 15 is 0 Å². The number of aliphatic carboxylic acids is 1. The number of halogens is 1. The lowest BCUT2D eigenvalue weighted by Crippen LogP contribution is -2.14. The van der Waals surface area contributed by atoms with Crippen molar-refractivity contribution in [3.63, 3.8) is 0 Å². The highest BCUT2D eigenvalue weighted by Gasteiger charge is 2.10. The summed E-state index contributed by atoms with van der Waals surface area (Å²) >= 11 is 0. The van der Waals surface area contributed by atoms with E-state index in [9.17, 15) is 18.8 Å². The Labute approximate surface area is 149 Å². The van der Waals surface area contributed by atoms with Gasteiger partial charge in [-0.2, -0.15) is 0 Å². The molecule has 26 heavy (non-hydrogen) atoms. The number of carbonyl (C=O) groups excluding carboxylic acids is 2. The van der Waals surface area contributed by atoms with Crippen LogP contribution in [0.4, 0.5) is 10.1 Å². The molecular weight excluding hydrogens is 337 g/mol. The number of carbonyl (C=O) groups is 3. The van der Waals surface area contributed by atoms with Crippen molar-refractivity contribution in [2.45, 2.75) is 6.42 Å². The molecule has 1 amide bonds.